The van der Waals surface area contributed by atoms with Crippen molar-refractivity contribution >= 4 is 11.6 Å². The summed E-state index contributed by atoms with van der Waals surface area (Å²) >= 11 is 0. The molecule has 0 spiro atoms. The number of aromatic nitrogens is 2. The SMILES string of the molecule is Cc1nn(CC(C)C)c(C)c1CCC(=O)NCC1CCN(c2ccccc2)C1. The van der Waals surface area contributed by atoms with Crippen LogP contribution in [0.3, 0.4) is 0 Å². The van der Waals surface area contributed by atoms with Crippen molar-refractivity contribution in [3.05, 3.63) is 47.3 Å². The monoisotopic (exact) mass is 382 g/mol. The number of nitrogens with zero attached hydrogens (tertiary/aromatic N) is 3. The third-order valence-corrected chi connectivity index (χ3v) is 5.67. The van der Waals surface area contributed by atoms with Crippen molar-refractivity contribution in [2.75, 3.05) is 24.5 Å². The quantitative estimate of drug-likeness (QED) is 0.757. The molecule has 2 heterocycles. The van der Waals surface area contributed by atoms with Crippen LogP contribution in [0.25, 0.3) is 0 Å². The molecular formula is C23H34N4O. The van der Waals surface area contributed by atoms with Crippen LogP contribution >= 0.6 is 0 Å². The van der Waals surface area contributed by atoms with E-state index < -0.39 is 0 Å². The molecule has 1 aliphatic heterocycles. The summed E-state index contributed by atoms with van der Waals surface area (Å²) in [5.74, 6) is 1.24. The maximum atomic E-state index is 12.4. The van der Waals surface area contributed by atoms with Gasteiger partial charge < -0.3 is 10.2 Å². The first-order valence-corrected chi connectivity index (χ1v) is 10.5. The molecule has 1 aromatic carbocycles. The van der Waals surface area contributed by atoms with Crippen LogP contribution < -0.4 is 10.2 Å². The van der Waals surface area contributed by atoms with Crippen LogP contribution in [-0.2, 0) is 17.8 Å². The minimum absolute atomic E-state index is 0.147. The van der Waals surface area contributed by atoms with Gasteiger partial charge in [-0.05, 0) is 56.2 Å². The van der Waals surface area contributed by atoms with E-state index in [0.717, 1.165) is 44.7 Å². The molecule has 1 unspecified atom stereocenters. The lowest BCUT2D eigenvalue weighted by molar-refractivity contribution is -0.121. The zero-order valence-corrected chi connectivity index (χ0v) is 17.7. The number of hydrogen-bond donors (Lipinski definition) is 1. The fourth-order valence-corrected chi connectivity index (χ4v) is 4.08. The second-order valence-electron chi connectivity index (χ2n) is 8.47. The fourth-order valence-electron chi connectivity index (χ4n) is 4.08. The van der Waals surface area contributed by atoms with Crippen molar-refractivity contribution in [1.82, 2.24) is 15.1 Å². The summed E-state index contributed by atoms with van der Waals surface area (Å²) in [5.41, 5.74) is 4.76. The van der Waals surface area contributed by atoms with Crippen molar-refractivity contribution in [2.24, 2.45) is 11.8 Å². The lowest BCUT2D eigenvalue weighted by Crippen LogP contribution is -2.31. The molecule has 0 saturated carbocycles. The van der Waals surface area contributed by atoms with Gasteiger partial charge in [0, 0.05) is 44.0 Å². The predicted octanol–water partition coefficient (Wildman–Crippen LogP) is 3.73. The summed E-state index contributed by atoms with van der Waals surface area (Å²) in [5, 5.41) is 7.81. The molecular weight excluding hydrogens is 348 g/mol. The van der Waals surface area contributed by atoms with E-state index in [-0.39, 0.29) is 5.91 Å². The molecule has 1 fully saturated rings. The van der Waals surface area contributed by atoms with Gasteiger partial charge in [-0.2, -0.15) is 5.10 Å². The minimum Gasteiger partial charge on any atom is -0.371 e. The van der Waals surface area contributed by atoms with E-state index in [1.807, 2.05) is 13.0 Å². The molecule has 5 nitrogen and oxygen atoms in total. The number of carbonyl (C=O) groups excluding carboxylic acids is 1. The average Bonchev–Trinajstić information content (AvgIpc) is 3.24. The Kier molecular flexibility index (Phi) is 6.76. The maximum absolute atomic E-state index is 12.4. The first-order valence-electron chi connectivity index (χ1n) is 10.5. The standard InChI is InChI=1S/C23H34N4O/c1-17(2)15-27-19(4)22(18(3)25-27)10-11-23(28)24-14-20-12-13-26(16-20)21-8-6-5-7-9-21/h5-9,17,20H,10-16H2,1-4H3,(H,24,28). The number of hydrogen-bond acceptors (Lipinski definition) is 3. The van der Waals surface area contributed by atoms with Crippen molar-refractivity contribution in [3.8, 4) is 0 Å². The molecule has 0 bridgehead atoms. The van der Waals surface area contributed by atoms with Gasteiger partial charge in [-0.1, -0.05) is 32.0 Å². The second kappa shape index (κ2) is 9.26. The minimum atomic E-state index is 0.147. The summed E-state index contributed by atoms with van der Waals surface area (Å²) in [4.78, 5) is 14.8. The molecule has 5 heteroatoms. The van der Waals surface area contributed by atoms with Gasteiger partial charge in [0.05, 0.1) is 5.69 Å². The predicted molar refractivity (Wildman–Crippen MR) is 115 cm³/mol. The highest BCUT2D eigenvalue weighted by Gasteiger charge is 2.23. The Labute approximate surface area is 169 Å². The van der Waals surface area contributed by atoms with Gasteiger partial charge in [0.15, 0.2) is 0 Å². The molecule has 152 valence electrons. The Morgan fingerprint density at radius 2 is 2.00 bits per heavy atom. The van der Waals surface area contributed by atoms with E-state index in [1.165, 1.54) is 16.9 Å². The summed E-state index contributed by atoms with van der Waals surface area (Å²) in [6.45, 7) is 12.4. The number of benzene rings is 1. The van der Waals surface area contributed by atoms with Gasteiger partial charge in [-0.3, -0.25) is 9.48 Å². The summed E-state index contributed by atoms with van der Waals surface area (Å²) in [6, 6.07) is 10.5. The lowest BCUT2D eigenvalue weighted by atomic mass is 10.1. The smallest absolute Gasteiger partial charge is 0.220 e. The van der Waals surface area contributed by atoms with E-state index in [0.29, 0.717) is 18.3 Å². The van der Waals surface area contributed by atoms with Crippen LogP contribution in [0.5, 0.6) is 0 Å². The largest absolute Gasteiger partial charge is 0.371 e. The lowest BCUT2D eigenvalue weighted by Gasteiger charge is -2.18. The molecule has 0 aliphatic carbocycles. The van der Waals surface area contributed by atoms with Gasteiger partial charge in [0.1, 0.15) is 0 Å². The van der Waals surface area contributed by atoms with Crippen molar-refractivity contribution in [1.29, 1.82) is 0 Å². The third-order valence-electron chi connectivity index (χ3n) is 5.67. The molecule has 1 aromatic heterocycles. The van der Waals surface area contributed by atoms with Crippen LogP contribution in [0.15, 0.2) is 30.3 Å². The van der Waals surface area contributed by atoms with Crippen LogP contribution in [0.4, 0.5) is 5.69 Å². The molecule has 1 amide bonds. The fraction of sp³-hybridized carbons (Fsp3) is 0.565. The average molecular weight is 383 g/mol. The molecule has 1 aliphatic rings. The van der Waals surface area contributed by atoms with Crippen LogP contribution in [0.1, 0.15) is 43.6 Å². The van der Waals surface area contributed by atoms with E-state index in [4.69, 9.17) is 0 Å². The molecule has 0 radical (unpaired) electrons. The van der Waals surface area contributed by atoms with E-state index in [1.54, 1.807) is 0 Å². The highest BCUT2D eigenvalue weighted by molar-refractivity contribution is 5.76. The molecule has 28 heavy (non-hydrogen) atoms. The van der Waals surface area contributed by atoms with Crippen LogP contribution in [-0.4, -0.2) is 35.3 Å². The van der Waals surface area contributed by atoms with Crippen LogP contribution in [0, 0.1) is 25.7 Å². The number of para-hydroxylation sites is 1. The Morgan fingerprint density at radius 1 is 1.25 bits per heavy atom. The first kappa shape index (κ1) is 20.4. The highest BCUT2D eigenvalue weighted by Crippen LogP contribution is 2.23. The molecule has 2 aromatic rings. The first-order chi connectivity index (χ1) is 13.4. The van der Waals surface area contributed by atoms with Crippen molar-refractivity contribution in [3.63, 3.8) is 0 Å². The van der Waals surface area contributed by atoms with Gasteiger partial charge in [0.25, 0.3) is 0 Å². The number of anilines is 1. The van der Waals surface area contributed by atoms with Crippen LogP contribution in [0.2, 0.25) is 0 Å². The van der Waals surface area contributed by atoms with Gasteiger partial charge in [0.2, 0.25) is 5.91 Å². The van der Waals surface area contributed by atoms with Crippen molar-refractivity contribution < 1.29 is 4.79 Å². The Hall–Kier alpha value is -2.30. The Bertz CT molecular complexity index is 781. The number of aryl methyl sites for hydroxylation is 1. The molecule has 1 atom stereocenters. The van der Waals surface area contributed by atoms with Crippen molar-refractivity contribution in [2.45, 2.75) is 53.5 Å². The topological polar surface area (TPSA) is 50.2 Å². The van der Waals surface area contributed by atoms with Gasteiger partial charge >= 0.3 is 0 Å². The number of carbonyl (C=O) groups is 1. The normalized spacial score (nSPS) is 16.8. The highest BCUT2D eigenvalue weighted by atomic mass is 16.1. The summed E-state index contributed by atoms with van der Waals surface area (Å²) < 4.78 is 2.09. The van der Waals surface area contributed by atoms with E-state index in [2.05, 4.69) is 65.0 Å². The van der Waals surface area contributed by atoms with Gasteiger partial charge in [-0.15, -0.1) is 0 Å². The number of amides is 1. The zero-order chi connectivity index (χ0) is 20.1. The number of rotatable bonds is 8. The molecule has 1 saturated heterocycles. The maximum Gasteiger partial charge on any atom is 0.220 e. The summed E-state index contributed by atoms with van der Waals surface area (Å²) in [7, 11) is 0. The Balaban J connectivity index is 1.44. The molecule has 1 N–H and O–H groups in total. The second-order valence-corrected chi connectivity index (χ2v) is 8.47. The molecule has 3 rings (SSSR count). The third kappa shape index (κ3) is 5.15. The number of nitrogens with one attached hydrogen (secondary N) is 1. The Morgan fingerprint density at radius 3 is 2.71 bits per heavy atom. The van der Waals surface area contributed by atoms with E-state index >= 15 is 0 Å². The van der Waals surface area contributed by atoms with E-state index in [9.17, 15) is 4.79 Å². The van der Waals surface area contributed by atoms with Gasteiger partial charge in [-0.25, -0.2) is 0 Å². The summed E-state index contributed by atoms with van der Waals surface area (Å²) in [6.07, 6.45) is 2.43. The zero-order valence-electron chi connectivity index (χ0n) is 17.7.